The lowest BCUT2D eigenvalue weighted by atomic mass is 9.56. The van der Waals surface area contributed by atoms with Gasteiger partial charge < -0.3 is 9.47 Å². The van der Waals surface area contributed by atoms with Crippen LogP contribution in [0.15, 0.2) is 0 Å². The van der Waals surface area contributed by atoms with E-state index >= 15 is 0 Å². The van der Waals surface area contributed by atoms with Gasteiger partial charge in [0.25, 0.3) is 0 Å². The summed E-state index contributed by atoms with van der Waals surface area (Å²) in [5, 5.41) is 0. The highest BCUT2D eigenvalue weighted by molar-refractivity contribution is 9.10. The molecule has 5 fully saturated rings. The minimum atomic E-state index is -0.872. The average molecular weight is 357 g/mol. The maximum Gasteiger partial charge on any atom is 0.201 e. The average Bonchev–Trinajstić information content (AvgIpc) is 2.62. The second-order valence-corrected chi connectivity index (χ2v) is 8.75. The van der Waals surface area contributed by atoms with Crippen molar-refractivity contribution in [2.45, 2.75) is 68.5 Å². The first kappa shape index (κ1) is 14.9. The molecule has 5 rings (SSSR count). The fourth-order valence-electron chi connectivity index (χ4n) is 4.93. The van der Waals surface area contributed by atoms with Crippen molar-refractivity contribution in [1.82, 2.24) is 0 Å². The van der Waals surface area contributed by atoms with E-state index in [0.29, 0.717) is 11.8 Å². The van der Waals surface area contributed by atoms with Crippen molar-refractivity contribution in [3.8, 4) is 0 Å². The van der Waals surface area contributed by atoms with Gasteiger partial charge in [0, 0.05) is 12.3 Å². The quantitative estimate of drug-likeness (QED) is 0.379. The van der Waals surface area contributed by atoms with E-state index in [1.54, 1.807) is 0 Å². The van der Waals surface area contributed by atoms with Crippen LogP contribution in [0.3, 0.4) is 0 Å². The summed E-state index contributed by atoms with van der Waals surface area (Å²) in [6.45, 7) is 6.35. The van der Waals surface area contributed by atoms with Crippen molar-refractivity contribution in [2.75, 3.05) is 0 Å². The minimum absolute atomic E-state index is 0.124. The molecular weight excluding hydrogens is 335 g/mol. The maximum atomic E-state index is 6.34. The van der Waals surface area contributed by atoms with E-state index in [1.807, 2.05) is 6.92 Å². The molecule has 2 bridgehead atoms. The molecule has 5 aliphatic rings. The van der Waals surface area contributed by atoms with Crippen molar-refractivity contribution < 1.29 is 19.2 Å². The van der Waals surface area contributed by atoms with Gasteiger partial charge in [0.1, 0.15) is 7.85 Å². The molecule has 0 aromatic carbocycles. The first-order chi connectivity index (χ1) is 9.79. The van der Waals surface area contributed by atoms with Crippen LogP contribution < -0.4 is 0 Å². The molecule has 4 heterocycles. The Morgan fingerprint density at radius 1 is 1.05 bits per heavy atom. The van der Waals surface area contributed by atoms with Crippen LogP contribution in [0.25, 0.3) is 0 Å². The van der Waals surface area contributed by atoms with Gasteiger partial charge in [-0.2, -0.15) is 0 Å². The number of ether oxygens (including phenoxy) is 2. The van der Waals surface area contributed by atoms with Crippen molar-refractivity contribution in [3.05, 3.63) is 0 Å². The van der Waals surface area contributed by atoms with Crippen LogP contribution in [0.5, 0.6) is 0 Å². The van der Waals surface area contributed by atoms with E-state index < -0.39 is 22.1 Å². The van der Waals surface area contributed by atoms with Crippen LogP contribution in [0.4, 0.5) is 0 Å². The number of hydrogen-bond acceptors (Lipinski definition) is 4. The second-order valence-electron chi connectivity index (χ2n) is 7.51. The molecule has 6 heteroatoms. The van der Waals surface area contributed by atoms with Gasteiger partial charge in [-0.25, -0.2) is 9.78 Å². The Morgan fingerprint density at radius 3 is 2.57 bits per heavy atom. The number of fused-ring (bicyclic) bond motifs is 2. The zero-order chi connectivity index (χ0) is 15.0. The van der Waals surface area contributed by atoms with Gasteiger partial charge in [0.2, 0.25) is 5.79 Å². The lowest BCUT2D eigenvalue weighted by Gasteiger charge is -2.62. The lowest BCUT2D eigenvalue weighted by molar-refractivity contribution is -0.569. The molecule has 1 spiro atoms. The smallest absolute Gasteiger partial charge is 0.201 e. The van der Waals surface area contributed by atoms with E-state index in [9.17, 15) is 0 Å². The minimum Gasteiger partial charge on any atom is -0.342 e. The summed E-state index contributed by atoms with van der Waals surface area (Å²) in [4.78, 5) is 11.8. The Bertz CT molecular complexity index is 461. The van der Waals surface area contributed by atoms with Crippen molar-refractivity contribution in [1.29, 1.82) is 0 Å². The first-order valence-electron chi connectivity index (χ1n) is 7.99. The molecule has 4 saturated heterocycles. The van der Waals surface area contributed by atoms with Crippen molar-refractivity contribution >= 4 is 23.8 Å². The predicted molar refractivity (Wildman–Crippen MR) is 80.5 cm³/mol. The monoisotopic (exact) mass is 356 g/mol. The molecule has 116 valence electrons. The van der Waals surface area contributed by atoms with E-state index in [4.69, 9.17) is 27.1 Å². The molecule has 0 unspecified atom stereocenters. The Balaban J connectivity index is 1.83. The topological polar surface area (TPSA) is 36.9 Å². The van der Waals surface area contributed by atoms with Gasteiger partial charge in [0.15, 0.2) is 11.9 Å². The molecule has 0 aromatic rings. The standard InChI is InChI=1S/C15H22BBrO4/c1-8-4-5-11-9(2)15(16,17)19-12-14(11)10(8)6-7-13(3,18-12)20-21-14/h8-12H,4-7H2,1-3H3/t8-,9-,10+,11+,12+,13+,14-,15-/m1/s1. The van der Waals surface area contributed by atoms with Crippen LogP contribution >= 0.6 is 15.9 Å². The van der Waals surface area contributed by atoms with Crippen LogP contribution in [-0.2, 0) is 19.2 Å². The molecule has 0 aromatic heterocycles. The highest BCUT2D eigenvalue weighted by atomic mass is 79.9. The summed E-state index contributed by atoms with van der Waals surface area (Å²) in [5.41, 5.74) is -0.524. The fraction of sp³-hybridized carbons (Fsp3) is 1.00. The summed E-state index contributed by atoms with van der Waals surface area (Å²) in [7, 11) is 6.34. The van der Waals surface area contributed by atoms with Gasteiger partial charge in [-0.1, -0.05) is 29.8 Å². The molecule has 0 N–H and O–H groups in total. The first-order valence-corrected chi connectivity index (χ1v) is 8.78. The second kappa shape index (κ2) is 4.47. The Kier molecular flexibility index (Phi) is 3.18. The van der Waals surface area contributed by atoms with Crippen LogP contribution in [0.1, 0.15) is 46.5 Å². The largest absolute Gasteiger partial charge is 0.342 e. The molecular formula is C15H22BBrO4. The summed E-state index contributed by atoms with van der Waals surface area (Å²) in [5.74, 6) is 0.619. The normalized spacial score (nSPS) is 63.0. The van der Waals surface area contributed by atoms with Crippen LogP contribution in [-0.4, -0.2) is 29.9 Å². The third kappa shape index (κ3) is 1.89. The van der Waals surface area contributed by atoms with Crippen molar-refractivity contribution in [2.24, 2.45) is 23.7 Å². The Morgan fingerprint density at radius 2 is 1.81 bits per heavy atom. The number of alkyl halides is 1. The summed E-state index contributed by atoms with van der Waals surface area (Å²) in [6.07, 6.45) is 3.65. The third-order valence-electron chi connectivity index (χ3n) is 6.29. The number of halogens is 1. The summed E-state index contributed by atoms with van der Waals surface area (Å²) in [6, 6.07) is 0. The molecule has 2 radical (unpaired) electrons. The predicted octanol–water partition coefficient (Wildman–Crippen LogP) is 3.09. The van der Waals surface area contributed by atoms with E-state index in [2.05, 4.69) is 29.8 Å². The van der Waals surface area contributed by atoms with E-state index in [1.165, 1.54) is 6.42 Å². The summed E-state index contributed by atoms with van der Waals surface area (Å²) < 4.78 is 11.4. The zero-order valence-corrected chi connectivity index (χ0v) is 14.4. The molecule has 4 nitrogen and oxygen atoms in total. The molecule has 0 amide bonds. The lowest BCUT2D eigenvalue weighted by Crippen LogP contribution is -2.72. The van der Waals surface area contributed by atoms with Gasteiger partial charge >= 0.3 is 0 Å². The SMILES string of the molecule is [B][C@]1(Br)O[C@@H]2O[C@]3(C)CC[C@H]4[C@H](C)CC[C@@H]([C@H]1C)[C@@]24OO3. The highest BCUT2D eigenvalue weighted by Crippen LogP contribution is 2.62. The fourth-order valence-corrected chi connectivity index (χ4v) is 5.42. The Labute approximate surface area is 135 Å². The zero-order valence-electron chi connectivity index (χ0n) is 12.8. The molecule has 1 aliphatic carbocycles. The summed E-state index contributed by atoms with van der Waals surface area (Å²) >= 11 is 3.55. The van der Waals surface area contributed by atoms with Gasteiger partial charge in [-0.05, 0) is 43.9 Å². The van der Waals surface area contributed by atoms with Crippen molar-refractivity contribution in [3.63, 3.8) is 0 Å². The van der Waals surface area contributed by atoms with Gasteiger partial charge in [-0.15, -0.1) is 0 Å². The maximum absolute atomic E-state index is 6.34. The Hall–Kier alpha value is 0.385. The molecule has 4 aliphatic heterocycles. The van der Waals surface area contributed by atoms with Gasteiger partial charge in [-0.3, -0.25) is 0 Å². The number of rotatable bonds is 0. The van der Waals surface area contributed by atoms with Gasteiger partial charge in [0.05, 0.1) is 4.41 Å². The van der Waals surface area contributed by atoms with E-state index in [-0.39, 0.29) is 11.8 Å². The van der Waals surface area contributed by atoms with Crippen LogP contribution in [0, 0.1) is 23.7 Å². The highest BCUT2D eigenvalue weighted by Gasteiger charge is 2.70. The van der Waals surface area contributed by atoms with Crippen LogP contribution in [0.2, 0.25) is 0 Å². The molecule has 8 atom stereocenters. The molecule has 1 saturated carbocycles. The molecule has 21 heavy (non-hydrogen) atoms. The van der Waals surface area contributed by atoms with E-state index in [0.717, 1.165) is 19.3 Å². The number of hydrogen-bond donors (Lipinski definition) is 0. The third-order valence-corrected chi connectivity index (χ3v) is 7.20.